The summed E-state index contributed by atoms with van der Waals surface area (Å²) >= 11 is 0. The first kappa shape index (κ1) is 29.7. The minimum Gasteiger partial charge on any atom is -0.342 e. The number of piperidine rings is 1. The van der Waals surface area contributed by atoms with Crippen LogP contribution >= 0.6 is 24.8 Å². The van der Waals surface area contributed by atoms with Crippen LogP contribution in [0.25, 0.3) is 0 Å². The number of aromatic nitrogens is 2. The SMILES string of the molecule is CCCCN1C(=O)[C@H](CC(C)C)NC(=O)C12CCN(Cc1c(C)nn(CC)c1C)CC2.Cl.Cl. The molecule has 2 saturated heterocycles. The predicted octanol–water partition coefficient (Wildman–Crippen LogP) is 3.87. The second-order valence-corrected chi connectivity index (χ2v) is 9.77. The van der Waals surface area contributed by atoms with Gasteiger partial charge >= 0.3 is 0 Å². The fraction of sp³-hybridized carbons (Fsp3) is 0.792. The number of nitrogens with zero attached hydrogens (tertiary/aromatic N) is 4. The maximum Gasteiger partial charge on any atom is 0.246 e. The highest BCUT2D eigenvalue weighted by Crippen LogP contribution is 2.35. The Hall–Kier alpha value is -1.31. The summed E-state index contributed by atoms with van der Waals surface area (Å²) in [6, 6.07) is -0.377. The molecule has 2 amide bonds. The Balaban J connectivity index is 0.00000272. The molecule has 0 radical (unpaired) electrons. The van der Waals surface area contributed by atoms with Crippen LogP contribution in [0.1, 0.15) is 76.8 Å². The predicted molar refractivity (Wildman–Crippen MR) is 137 cm³/mol. The minimum atomic E-state index is -0.687. The monoisotopic (exact) mass is 503 g/mol. The highest BCUT2D eigenvalue weighted by molar-refractivity contribution is 6.00. The van der Waals surface area contributed by atoms with Crippen molar-refractivity contribution in [1.29, 1.82) is 0 Å². The van der Waals surface area contributed by atoms with E-state index in [4.69, 9.17) is 0 Å². The maximum atomic E-state index is 13.4. The van der Waals surface area contributed by atoms with E-state index in [1.165, 1.54) is 11.3 Å². The molecule has 190 valence electrons. The maximum absolute atomic E-state index is 13.4. The van der Waals surface area contributed by atoms with Crippen LogP contribution < -0.4 is 5.32 Å². The normalized spacial score (nSPS) is 20.6. The molecular weight excluding hydrogens is 461 g/mol. The first-order valence-corrected chi connectivity index (χ1v) is 12.1. The summed E-state index contributed by atoms with van der Waals surface area (Å²) in [5.41, 5.74) is 2.92. The summed E-state index contributed by atoms with van der Waals surface area (Å²) in [4.78, 5) is 31.1. The van der Waals surface area contributed by atoms with Crippen molar-refractivity contribution in [3.63, 3.8) is 0 Å². The lowest BCUT2D eigenvalue weighted by Gasteiger charge is -2.52. The molecule has 0 aromatic carbocycles. The van der Waals surface area contributed by atoms with Gasteiger partial charge in [-0.05, 0) is 52.4 Å². The molecule has 1 atom stereocenters. The van der Waals surface area contributed by atoms with Gasteiger partial charge < -0.3 is 10.2 Å². The number of unbranched alkanes of at least 4 members (excludes halogenated alkanes) is 1. The van der Waals surface area contributed by atoms with Crippen molar-refractivity contribution in [3.05, 3.63) is 17.0 Å². The lowest BCUT2D eigenvalue weighted by atomic mass is 9.80. The van der Waals surface area contributed by atoms with Crippen LogP contribution in [0.2, 0.25) is 0 Å². The Bertz CT molecular complexity index is 803. The van der Waals surface area contributed by atoms with Crippen molar-refractivity contribution < 1.29 is 9.59 Å². The molecule has 2 aliphatic rings. The van der Waals surface area contributed by atoms with Gasteiger partial charge in [-0.25, -0.2) is 0 Å². The van der Waals surface area contributed by atoms with Crippen molar-refractivity contribution in [2.45, 2.75) is 98.3 Å². The Labute approximate surface area is 211 Å². The first-order chi connectivity index (χ1) is 14.7. The Morgan fingerprint density at radius 1 is 1.12 bits per heavy atom. The number of likely N-dealkylation sites (tertiary alicyclic amines) is 1. The van der Waals surface area contributed by atoms with Crippen LogP contribution in [0.5, 0.6) is 0 Å². The zero-order chi connectivity index (χ0) is 22.8. The van der Waals surface area contributed by atoms with Crippen LogP contribution in [0, 0.1) is 19.8 Å². The van der Waals surface area contributed by atoms with Gasteiger partial charge in [0.2, 0.25) is 11.8 Å². The fourth-order valence-electron chi connectivity index (χ4n) is 5.22. The summed E-state index contributed by atoms with van der Waals surface area (Å²) < 4.78 is 2.06. The summed E-state index contributed by atoms with van der Waals surface area (Å²) in [5.74, 6) is 0.541. The van der Waals surface area contributed by atoms with E-state index in [0.29, 0.717) is 31.7 Å². The number of rotatable bonds is 8. The van der Waals surface area contributed by atoms with Gasteiger partial charge in [0.15, 0.2) is 0 Å². The van der Waals surface area contributed by atoms with Gasteiger partial charge in [0, 0.05) is 44.0 Å². The number of piperazine rings is 1. The highest BCUT2D eigenvalue weighted by Gasteiger charge is 2.53. The van der Waals surface area contributed by atoms with Crippen molar-refractivity contribution in [2.24, 2.45) is 5.92 Å². The third-order valence-corrected chi connectivity index (χ3v) is 7.15. The molecule has 1 aromatic rings. The Morgan fingerprint density at radius 3 is 2.27 bits per heavy atom. The quantitative estimate of drug-likeness (QED) is 0.584. The van der Waals surface area contributed by atoms with Crippen LogP contribution in [-0.2, 0) is 22.7 Å². The van der Waals surface area contributed by atoms with Crippen molar-refractivity contribution in [3.8, 4) is 0 Å². The largest absolute Gasteiger partial charge is 0.342 e. The molecule has 7 nitrogen and oxygen atoms in total. The number of carbonyl (C=O) groups excluding carboxylic acids is 2. The van der Waals surface area contributed by atoms with Crippen LogP contribution in [0.4, 0.5) is 0 Å². The van der Waals surface area contributed by atoms with Gasteiger partial charge in [0.25, 0.3) is 0 Å². The number of nitrogens with one attached hydrogen (secondary N) is 1. The van der Waals surface area contributed by atoms with Gasteiger partial charge in [-0.2, -0.15) is 5.10 Å². The van der Waals surface area contributed by atoms with E-state index in [2.05, 4.69) is 61.5 Å². The lowest BCUT2D eigenvalue weighted by molar-refractivity contribution is -0.161. The molecule has 2 fully saturated rings. The van der Waals surface area contributed by atoms with Crippen LogP contribution in [0.3, 0.4) is 0 Å². The van der Waals surface area contributed by atoms with Gasteiger partial charge in [-0.15, -0.1) is 24.8 Å². The average molecular weight is 505 g/mol. The molecule has 2 aliphatic heterocycles. The molecule has 0 unspecified atom stereocenters. The molecule has 1 N–H and O–H groups in total. The lowest BCUT2D eigenvalue weighted by Crippen LogP contribution is -2.73. The second-order valence-electron chi connectivity index (χ2n) is 9.77. The van der Waals surface area contributed by atoms with Gasteiger partial charge in [0.05, 0.1) is 5.69 Å². The summed E-state index contributed by atoms with van der Waals surface area (Å²) in [6.07, 6.45) is 4.05. The molecule has 33 heavy (non-hydrogen) atoms. The molecule has 0 bridgehead atoms. The standard InChI is InChI=1S/C24H41N5O2.2ClH/c1-7-9-12-28-22(30)21(15-17(3)4)25-23(31)24(28)10-13-27(14-11-24)16-20-18(5)26-29(8-2)19(20)6;;/h17,21H,7-16H2,1-6H3,(H,25,31);2*1H/t21-;;/m0../s1. The van der Waals surface area contributed by atoms with Gasteiger partial charge in [-0.3, -0.25) is 19.2 Å². The minimum absolute atomic E-state index is 0. The first-order valence-electron chi connectivity index (χ1n) is 12.1. The third kappa shape index (κ3) is 6.04. The van der Waals surface area contributed by atoms with E-state index in [1.807, 2.05) is 4.90 Å². The van der Waals surface area contributed by atoms with Crippen molar-refractivity contribution >= 4 is 36.6 Å². The average Bonchev–Trinajstić information content (AvgIpc) is 3.00. The van der Waals surface area contributed by atoms with Gasteiger partial charge in [0.1, 0.15) is 11.6 Å². The summed E-state index contributed by atoms with van der Waals surface area (Å²) in [6.45, 7) is 16.7. The molecule has 3 heterocycles. The fourth-order valence-corrected chi connectivity index (χ4v) is 5.22. The number of carbonyl (C=O) groups is 2. The zero-order valence-electron chi connectivity index (χ0n) is 21.1. The summed E-state index contributed by atoms with van der Waals surface area (Å²) in [5, 5.41) is 7.75. The second kappa shape index (κ2) is 12.4. The number of halogens is 2. The topological polar surface area (TPSA) is 70.5 Å². The Morgan fingerprint density at radius 2 is 1.76 bits per heavy atom. The molecule has 1 spiro atoms. The van der Waals surface area contributed by atoms with E-state index >= 15 is 0 Å². The smallest absolute Gasteiger partial charge is 0.246 e. The van der Waals surface area contributed by atoms with E-state index in [1.54, 1.807) is 0 Å². The number of amides is 2. The molecule has 1 aromatic heterocycles. The molecule has 0 aliphatic carbocycles. The molecule has 0 saturated carbocycles. The number of aryl methyl sites for hydroxylation is 2. The van der Waals surface area contributed by atoms with E-state index < -0.39 is 5.54 Å². The number of hydrogen-bond acceptors (Lipinski definition) is 4. The highest BCUT2D eigenvalue weighted by atomic mass is 35.5. The molecule has 3 rings (SSSR count). The van der Waals surface area contributed by atoms with E-state index in [9.17, 15) is 9.59 Å². The van der Waals surface area contributed by atoms with E-state index in [0.717, 1.165) is 44.7 Å². The van der Waals surface area contributed by atoms with Crippen LogP contribution in [0.15, 0.2) is 0 Å². The van der Waals surface area contributed by atoms with Crippen molar-refractivity contribution in [1.82, 2.24) is 24.9 Å². The van der Waals surface area contributed by atoms with Crippen LogP contribution in [-0.4, -0.2) is 62.6 Å². The molecular formula is C24H43Cl2N5O2. The zero-order valence-corrected chi connectivity index (χ0v) is 22.8. The van der Waals surface area contributed by atoms with Gasteiger partial charge in [-0.1, -0.05) is 27.2 Å². The molecule has 9 heteroatoms. The Kier molecular flexibility index (Phi) is 11.2. The third-order valence-electron chi connectivity index (χ3n) is 7.15. The van der Waals surface area contributed by atoms with Crippen molar-refractivity contribution in [2.75, 3.05) is 19.6 Å². The summed E-state index contributed by atoms with van der Waals surface area (Å²) in [7, 11) is 0. The number of hydrogen-bond donors (Lipinski definition) is 1. The van der Waals surface area contributed by atoms with E-state index in [-0.39, 0.29) is 42.7 Å².